The molecule has 2 unspecified atom stereocenters. The Morgan fingerprint density at radius 2 is 2.06 bits per heavy atom. The number of benzene rings is 1. The fourth-order valence-corrected chi connectivity index (χ4v) is 2.97. The summed E-state index contributed by atoms with van der Waals surface area (Å²) in [5, 5.41) is 0. The predicted octanol–water partition coefficient (Wildman–Crippen LogP) is 2.97. The highest BCUT2D eigenvalue weighted by Crippen LogP contribution is 2.29. The van der Waals surface area contributed by atoms with Crippen molar-refractivity contribution in [2.45, 2.75) is 36.6 Å². The van der Waals surface area contributed by atoms with Crippen LogP contribution in [-0.4, -0.2) is 17.9 Å². The van der Waals surface area contributed by atoms with Gasteiger partial charge in [-0.3, -0.25) is 0 Å². The van der Waals surface area contributed by atoms with Gasteiger partial charge in [0.15, 0.2) is 0 Å². The third-order valence-electron chi connectivity index (χ3n) is 2.98. The van der Waals surface area contributed by atoms with Crippen molar-refractivity contribution in [3.05, 3.63) is 35.9 Å². The summed E-state index contributed by atoms with van der Waals surface area (Å²) in [4.78, 5) is 12.2. The van der Waals surface area contributed by atoms with E-state index in [9.17, 15) is 4.79 Å². The van der Waals surface area contributed by atoms with E-state index >= 15 is 0 Å². The van der Waals surface area contributed by atoms with Gasteiger partial charge in [-0.05, 0) is 18.4 Å². The standard InChI is InChI=1S/C14H20BrNO2/c1-3-7-12(15)10-14(16,13(17)18-2)11-8-5-4-6-9-11/h4-6,8-9,12H,3,7,10,16H2,1-2H3. The average Bonchev–Trinajstić information content (AvgIpc) is 2.38. The first kappa shape index (κ1) is 15.2. The number of hydrogen-bond donors (Lipinski definition) is 1. The summed E-state index contributed by atoms with van der Waals surface area (Å²) < 4.78 is 4.86. The fourth-order valence-electron chi connectivity index (χ4n) is 2.00. The summed E-state index contributed by atoms with van der Waals surface area (Å²) in [6, 6.07) is 9.38. The smallest absolute Gasteiger partial charge is 0.330 e. The maximum absolute atomic E-state index is 12.0. The molecular formula is C14H20BrNO2. The fraction of sp³-hybridized carbons (Fsp3) is 0.500. The molecule has 0 fully saturated rings. The summed E-state index contributed by atoms with van der Waals surface area (Å²) in [7, 11) is 1.37. The van der Waals surface area contributed by atoms with Crippen LogP contribution in [0.2, 0.25) is 0 Å². The van der Waals surface area contributed by atoms with Crippen LogP contribution in [0.15, 0.2) is 30.3 Å². The molecule has 0 spiro atoms. The molecule has 18 heavy (non-hydrogen) atoms. The molecule has 0 bridgehead atoms. The van der Waals surface area contributed by atoms with Crippen LogP contribution in [-0.2, 0) is 15.1 Å². The topological polar surface area (TPSA) is 52.3 Å². The molecule has 0 saturated heterocycles. The Morgan fingerprint density at radius 3 is 2.56 bits per heavy atom. The maximum Gasteiger partial charge on any atom is 0.330 e. The lowest BCUT2D eigenvalue weighted by atomic mass is 9.85. The number of carbonyl (C=O) groups is 1. The quantitative estimate of drug-likeness (QED) is 0.649. The second-order valence-electron chi connectivity index (χ2n) is 4.42. The molecule has 1 aromatic rings. The van der Waals surface area contributed by atoms with Gasteiger partial charge in [0, 0.05) is 4.83 Å². The SMILES string of the molecule is CCCC(Br)CC(N)(C(=O)OC)c1ccccc1. The van der Waals surface area contributed by atoms with Gasteiger partial charge in [0.1, 0.15) is 5.54 Å². The second kappa shape index (κ2) is 6.90. The number of esters is 1. The summed E-state index contributed by atoms with van der Waals surface area (Å²) in [5.41, 5.74) is 6.01. The number of nitrogens with two attached hydrogens (primary N) is 1. The highest BCUT2D eigenvalue weighted by atomic mass is 79.9. The van der Waals surface area contributed by atoms with E-state index in [1.165, 1.54) is 7.11 Å². The molecule has 0 saturated carbocycles. The van der Waals surface area contributed by atoms with Gasteiger partial charge in [0.25, 0.3) is 0 Å². The van der Waals surface area contributed by atoms with E-state index in [-0.39, 0.29) is 4.83 Å². The molecule has 1 aromatic carbocycles. The van der Waals surface area contributed by atoms with Gasteiger partial charge in [-0.15, -0.1) is 0 Å². The first-order valence-electron chi connectivity index (χ1n) is 6.11. The van der Waals surface area contributed by atoms with E-state index in [1.54, 1.807) is 0 Å². The number of ether oxygens (including phenoxy) is 1. The maximum atomic E-state index is 12.0. The van der Waals surface area contributed by atoms with E-state index in [4.69, 9.17) is 10.5 Å². The van der Waals surface area contributed by atoms with Crippen LogP contribution in [0.1, 0.15) is 31.7 Å². The monoisotopic (exact) mass is 313 g/mol. The zero-order valence-corrected chi connectivity index (χ0v) is 12.4. The molecule has 0 aliphatic heterocycles. The highest BCUT2D eigenvalue weighted by Gasteiger charge is 2.38. The minimum atomic E-state index is -1.08. The van der Waals surface area contributed by atoms with Crippen molar-refractivity contribution in [2.24, 2.45) is 5.73 Å². The van der Waals surface area contributed by atoms with Crippen molar-refractivity contribution >= 4 is 21.9 Å². The molecule has 0 heterocycles. The van der Waals surface area contributed by atoms with Gasteiger partial charge in [-0.2, -0.15) is 0 Å². The van der Waals surface area contributed by atoms with Gasteiger partial charge in [0.05, 0.1) is 7.11 Å². The van der Waals surface area contributed by atoms with E-state index in [1.807, 2.05) is 30.3 Å². The summed E-state index contributed by atoms with van der Waals surface area (Å²) in [6.45, 7) is 2.10. The van der Waals surface area contributed by atoms with Crippen LogP contribution >= 0.6 is 15.9 Å². The van der Waals surface area contributed by atoms with E-state index in [0.29, 0.717) is 6.42 Å². The Bertz CT molecular complexity index is 383. The normalized spacial score (nSPS) is 15.8. The van der Waals surface area contributed by atoms with Crippen molar-refractivity contribution in [3.8, 4) is 0 Å². The Kier molecular flexibility index (Phi) is 5.82. The molecule has 0 aromatic heterocycles. The van der Waals surface area contributed by atoms with Crippen LogP contribution < -0.4 is 5.73 Å². The molecule has 0 aliphatic rings. The average molecular weight is 314 g/mol. The lowest BCUT2D eigenvalue weighted by Gasteiger charge is -2.29. The van der Waals surface area contributed by atoms with Crippen LogP contribution in [0.4, 0.5) is 0 Å². The molecular weight excluding hydrogens is 294 g/mol. The third kappa shape index (κ3) is 3.56. The second-order valence-corrected chi connectivity index (χ2v) is 5.71. The molecule has 3 nitrogen and oxygen atoms in total. The Balaban J connectivity index is 3.00. The number of methoxy groups -OCH3 is 1. The minimum Gasteiger partial charge on any atom is -0.467 e. The number of halogens is 1. The van der Waals surface area contributed by atoms with Gasteiger partial charge in [-0.25, -0.2) is 4.79 Å². The van der Waals surface area contributed by atoms with Crippen LogP contribution in [0.3, 0.4) is 0 Å². The third-order valence-corrected chi connectivity index (χ3v) is 3.77. The van der Waals surface area contributed by atoms with Crippen molar-refractivity contribution in [1.82, 2.24) is 0 Å². The number of alkyl halides is 1. The first-order chi connectivity index (χ1) is 8.54. The predicted molar refractivity (Wildman–Crippen MR) is 76.6 cm³/mol. The van der Waals surface area contributed by atoms with E-state index in [0.717, 1.165) is 18.4 Å². The largest absolute Gasteiger partial charge is 0.467 e. The number of hydrogen-bond acceptors (Lipinski definition) is 3. The lowest BCUT2D eigenvalue weighted by Crippen LogP contribution is -2.47. The first-order valence-corrected chi connectivity index (χ1v) is 7.03. The molecule has 100 valence electrons. The molecule has 1 rings (SSSR count). The van der Waals surface area contributed by atoms with Crippen LogP contribution in [0.5, 0.6) is 0 Å². The Labute approximate surface area is 117 Å². The zero-order chi connectivity index (χ0) is 13.6. The van der Waals surface area contributed by atoms with Crippen molar-refractivity contribution in [2.75, 3.05) is 7.11 Å². The van der Waals surface area contributed by atoms with Crippen molar-refractivity contribution in [3.63, 3.8) is 0 Å². The van der Waals surface area contributed by atoms with E-state index in [2.05, 4.69) is 22.9 Å². The summed E-state index contributed by atoms with van der Waals surface area (Å²) in [5.74, 6) is -0.394. The number of rotatable bonds is 6. The van der Waals surface area contributed by atoms with Crippen molar-refractivity contribution < 1.29 is 9.53 Å². The molecule has 0 aliphatic carbocycles. The van der Waals surface area contributed by atoms with Gasteiger partial charge < -0.3 is 10.5 Å². The molecule has 2 N–H and O–H groups in total. The minimum absolute atomic E-state index is 0.201. The summed E-state index contributed by atoms with van der Waals surface area (Å²) in [6.07, 6.45) is 2.54. The molecule has 0 amide bonds. The lowest BCUT2D eigenvalue weighted by molar-refractivity contribution is -0.147. The summed E-state index contributed by atoms with van der Waals surface area (Å²) >= 11 is 3.58. The van der Waals surface area contributed by atoms with Gasteiger partial charge in [0.2, 0.25) is 0 Å². The van der Waals surface area contributed by atoms with Gasteiger partial charge in [-0.1, -0.05) is 59.6 Å². The molecule has 4 heteroatoms. The van der Waals surface area contributed by atoms with Gasteiger partial charge >= 0.3 is 5.97 Å². The zero-order valence-electron chi connectivity index (χ0n) is 10.9. The molecule has 2 atom stereocenters. The number of carbonyl (C=O) groups excluding carboxylic acids is 1. The van der Waals surface area contributed by atoms with E-state index < -0.39 is 11.5 Å². The molecule has 0 radical (unpaired) electrons. The van der Waals surface area contributed by atoms with Crippen LogP contribution in [0, 0.1) is 0 Å². The Hall–Kier alpha value is -0.870. The van der Waals surface area contributed by atoms with Crippen LogP contribution in [0.25, 0.3) is 0 Å². The van der Waals surface area contributed by atoms with Crippen molar-refractivity contribution in [1.29, 1.82) is 0 Å². The highest BCUT2D eigenvalue weighted by molar-refractivity contribution is 9.09. The Morgan fingerprint density at radius 1 is 1.44 bits per heavy atom.